The lowest BCUT2D eigenvalue weighted by molar-refractivity contribution is -0.141. The largest absolute Gasteiger partial charge is 0.469 e. The van der Waals surface area contributed by atoms with Gasteiger partial charge in [-0.2, -0.15) is 5.26 Å². The fraction of sp³-hybridized carbons (Fsp3) is 0.769. The highest BCUT2D eigenvalue weighted by Gasteiger charge is 2.26. The summed E-state index contributed by atoms with van der Waals surface area (Å²) in [5, 5.41) is 8.89. The molecular weight excluding hydrogens is 246 g/mol. The average Bonchev–Trinajstić information content (AvgIpc) is 2.46. The Labute approximate surface area is 113 Å². The Morgan fingerprint density at radius 1 is 1.32 bits per heavy atom. The second-order valence-electron chi connectivity index (χ2n) is 4.58. The van der Waals surface area contributed by atoms with Crippen molar-refractivity contribution in [2.45, 2.75) is 19.8 Å². The lowest BCUT2D eigenvalue weighted by Gasteiger charge is -2.35. The first-order valence-corrected chi connectivity index (χ1v) is 6.60. The predicted molar refractivity (Wildman–Crippen MR) is 69.0 cm³/mol. The van der Waals surface area contributed by atoms with Crippen LogP contribution in [0.2, 0.25) is 0 Å². The van der Waals surface area contributed by atoms with Gasteiger partial charge < -0.3 is 9.64 Å². The average molecular weight is 267 g/mol. The number of esters is 1. The maximum absolute atomic E-state index is 12.0. The van der Waals surface area contributed by atoms with Gasteiger partial charge in [0, 0.05) is 32.7 Å². The number of hydrogen-bond donors (Lipinski definition) is 0. The molecule has 1 amide bonds. The van der Waals surface area contributed by atoms with E-state index in [1.807, 2.05) is 13.0 Å². The number of nitriles is 1. The number of hydrogen-bond acceptors (Lipinski definition) is 5. The molecule has 6 nitrogen and oxygen atoms in total. The Morgan fingerprint density at radius 2 is 1.95 bits per heavy atom. The van der Waals surface area contributed by atoms with E-state index in [0.29, 0.717) is 32.5 Å². The molecule has 1 aliphatic heterocycles. The molecule has 19 heavy (non-hydrogen) atoms. The van der Waals surface area contributed by atoms with Crippen molar-refractivity contribution in [3.05, 3.63) is 0 Å². The van der Waals surface area contributed by atoms with Crippen LogP contribution in [0, 0.1) is 17.2 Å². The molecule has 1 rings (SSSR count). The van der Waals surface area contributed by atoms with Gasteiger partial charge in [-0.1, -0.05) is 6.92 Å². The molecule has 106 valence electrons. The van der Waals surface area contributed by atoms with E-state index in [1.165, 1.54) is 7.11 Å². The summed E-state index contributed by atoms with van der Waals surface area (Å²) >= 11 is 0. The lowest BCUT2D eigenvalue weighted by Crippen LogP contribution is -2.50. The van der Waals surface area contributed by atoms with E-state index in [9.17, 15) is 9.59 Å². The normalized spacial score (nSPS) is 17.6. The van der Waals surface area contributed by atoms with Crippen molar-refractivity contribution >= 4 is 11.9 Å². The lowest BCUT2D eigenvalue weighted by atomic mass is 10.1. The van der Waals surface area contributed by atoms with Crippen molar-refractivity contribution < 1.29 is 14.3 Å². The third kappa shape index (κ3) is 4.52. The van der Waals surface area contributed by atoms with Crippen LogP contribution in [0.25, 0.3) is 0 Å². The van der Waals surface area contributed by atoms with E-state index in [1.54, 1.807) is 4.90 Å². The Hall–Kier alpha value is -1.61. The number of piperazine rings is 1. The SMILES string of the molecule is CCC(C#N)C(=O)N1CCN(CCC(=O)OC)CC1. The van der Waals surface area contributed by atoms with Gasteiger partial charge in [0.15, 0.2) is 0 Å². The molecule has 6 heteroatoms. The molecule has 0 spiro atoms. The minimum Gasteiger partial charge on any atom is -0.469 e. The second-order valence-corrected chi connectivity index (χ2v) is 4.58. The molecule has 1 saturated heterocycles. The number of amides is 1. The number of ether oxygens (including phenoxy) is 1. The summed E-state index contributed by atoms with van der Waals surface area (Å²) in [4.78, 5) is 26.9. The summed E-state index contributed by atoms with van der Waals surface area (Å²) in [7, 11) is 1.38. The third-order valence-electron chi connectivity index (χ3n) is 3.41. The summed E-state index contributed by atoms with van der Waals surface area (Å²) < 4.78 is 4.59. The molecule has 1 atom stereocenters. The number of rotatable bonds is 5. The van der Waals surface area contributed by atoms with Crippen molar-refractivity contribution in [1.29, 1.82) is 5.26 Å². The van der Waals surface area contributed by atoms with Crippen LogP contribution in [0.3, 0.4) is 0 Å². The van der Waals surface area contributed by atoms with Crippen molar-refractivity contribution in [2.24, 2.45) is 5.92 Å². The fourth-order valence-corrected chi connectivity index (χ4v) is 2.08. The molecule has 0 aliphatic carbocycles. The number of nitrogens with zero attached hydrogens (tertiary/aromatic N) is 3. The van der Waals surface area contributed by atoms with Crippen LogP contribution in [0.5, 0.6) is 0 Å². The highest BCUT2D eigenvalue weighted by Crippen LogP contribution is 2.10. The Bertz CT molecular complexity index is 357. The predicted octanol–water partition coefficient (Wildman–Crippen LogP) is 0.243. The van der Waals surface area contributed by atoms with Gasteiger partial charge in [0.1, 0.15) is 5.92 Å². The van der Waals surface area contributed by atoms with Crippen LogP contribution in [-0.4, -0.2) is 61.5 Å². The minimum absolute atomic E-state index is 0.0717. The third-order valence-corrected chi connectivity index (χ3v) is 3.41. The highest BCUT2D eigenvalue weighted by molar-refractivity contribution is 5.81. The molecule has 1 aliphatic rings. The van der Waals surface area contributed by atoms with E-state index in [-0.39, 0.29) is 11.9 Å². The van der Waals surface area contributed by atoms with Crippen LogP contribution in [0.4, 0.5) is 0 Å². The zero-order valence-corrected chi connectivity index (χ0v) is 11.6. The standard InChI is InChI=1S/C13H21N3O3/c1-3-11(10-14)13(18)16-8-6-15(7-9-16)5-4-12(17)19-2/h11H,3-9H2,1-2H3. The molecular formula is C13H21N3O3. The fourth-order valence-electron chi connectivity index (χ4n) is 2.08. The molecule has 0 aromatic rings. The van der Waals surface area contributed by atoms with Gasteiger partial charge in [0.2, 0.25) is 5.91 Å². The summed E-state index contributed by atoms with van der Waals surface area (Å²) in [5.74, 6) is -0.812. The molecule has 0 radical (unpaired) electrons. The number of carbonyl (C=O) groups excluding carboxylic acids is 2. The molecule has 1 unspecified atom stereocenters. The Morgan fingerprint density at radius 3 is 2.42 bits per heavy atom. The molecule has 0 bridgehead atoms. The zero-order valence-electron chi connectivity index (χ0n) is 11.6. The van der Waals surface area contributed by atoms with Gasteiger partial charge in [-0.15, -0.1) is 0 Å². The van der Waals surface area contributed by atoms with Gasteiger partial charge in [-0.25, -0.2) is 0 Å². The van der Waals surface area contributed by atoms with Crippen molar-refractivity contribution in [3.8, 4) is 6.07 Å². The molecule has 0 aromatic carbocycles. The Balaban J connectivity index is 2.35. The summed E-state index contributed by atoms with van der Waals surface area (Å²) in [6.07, 6.45) is 0.929. The molecule has 0 saturated carbocycles. The van der Waals surface area contributed by atoms with Crippen LogP contribution in [0.15, 0.2) is 0 Å². The van der Waals surface area contributed by atoms with E-state index in [2.05, 4.69) is 9.64 Å². The monoisotopic (exact) mass is 267 g/mol. The molecule has 0 aromatic heterocycles. The minimum atomic E-state index is -0.526. The molecule has 0 N–H and O–H groups in total. The highest BCUT2D eigenvalue weighted by atomic mass is 16.5. The maximum Gasteiger partial charge on any atom is 0.306 e. The van der Waals surface area contributed by atoms with Gasteiger partial charge in [0.05, 0.1) is 19.6 Å². The number of carbonyl (C=O) groups is 2. The van der Waals surface area contributed by atoms with Gasteiger partial charge >= 0.3 is 5.97 Å². The van der Waals surface area contributed by atoms with Gasteiger partial charge in [-0.05, 0) is 6.42 Å². The quantitative estimate of drug-likeness (QED) is 0.667. The van der Waals surface area contributed by atoms with Gasteiger partial charge in [-0.3, -0.25) is 14.5 Å². The maximum atomic E-state index is 12.0. The smallest absolute Gasteiger partial charge is 0.306 e. The van der Waals surface area contributed by atoms with E-state index < -0.39 is 5.92 Å². The summed E-state index contributed by atoms with van der Waals surface area (Å²) in [6, 6.07) is 2.04. The van der Waals surface area contributed by atoms with Crippen LogP contribution in [0.1, 0.15) is 19.8 Å². The van der Waals surface area contributed by atoms with Crippen LogP contribution >= 0.6 is 0 Å². The molecule has 1 fully saturated rings. The molecule has 1 heterocycles. The first kappa shape index (κ1) is 15.4. The van der Waals surface area contributed by atoms with E-state index in [0.717, 1.165) is 13.1 Å². The summed E-state index contributed by atoms with van der Waals surface area (Å²) in [6.45, 7) is 5.23. The van der Waals surface area contributed by atoms with Crippen LogP contribution < -0.4 is 0 Å². The van der Waals surface area contributed by atoms with Crippen LogP contribution in [-0.2, 0) is 14.3 Å². The second kappa shape index (κ2) is 7.74. The van der Waals surface area contributed by atoms with E-state index >= 15 is 0 Å². The topological polar surface area (TPSA) is 73.6 Å². The zero-order chi connectivity index (χ0) is 14.3. The van der Waals surface area contributed by atoms with E-state index in [4.69, 9.17) is 5.26 Å². The van der Waals surface area contributed by atoms with Crippen molar-refractivity contribution in [2.75, 3.05) is 39.8 Å². The van der Waals surface area contributed by atoms with Gasteiger partial charge in [0.25, 0.3) is 0 Å². The van der Waals surface area contributed by atoms with Crippen molar-refractivity contribution in [3.63, 3.8) is 0 Å². The summed E-state index contributed by atoms with van der Waals surface area (Å²) in [5.41, 5.74) is 0. The first-order valence-electron chi connectivity index (χ1n) is 6.60. The number of methoxy groups -OCH3 is 1. The first-order chi connectivity index (χ1) is 9.12. The Kier molecular flexibility index (Phi) is 6.30. The van der Waals surface area contributed by atoms with Crippen molar-refractivity contribution in [1.82, 2.24) is 9.80 Å².